The fraction of sp³-hybridized carbons (Fsp3) is 0.143. The number of halogens is 2. The lowest BCUT2D eigenvalue weighted by Crippen LogP contribution is -1.99. The number of rotatable bonds is 2. The number of nitrogens with two attached hydrogens (primary N) is 1. The largest absolute Gasteiger partial charge is 0.504 e. The van der Waals surface area contributed by atoms with Gasteiger partial charge in [-0.15, -0.1) is 0 Å². The molecule has 1 aromatic carbocycles. The summed E-state index contributed by atoms with van der Waals surface area (Å²) in [7, 11) is 0. The maximum atomic E-state index is 12.7. The topological polar surface area (TPSA) is 55.5 Å². The van der Waals surface area contributed by atoms with Crippen molar-refractivity contribution in [3.8, 4) is 5.75 Å². The predicted molar refractivity (Wildman–Crippen MR) is 42.1 cm³/mol. The normalized spacial score (nSPS) is 10.2. The zero-order chi connectivity index (χ0) is 9.14. The molecule has 5 heteroatoms. The van der Waals surface area contributed by atoms with E-state index in [0.29, 0.717) is 5.56 Å². The summed E-state index contributed by atoms with van der Waals surface area (Å²) in [4.78, 5) is 4.27. The maximum Gasteiger partial charge on any atom is 0.170 e. The van der Waals surface area contributed by atoms with E-state index >= 15 is 0 Å². The van der Waals surface area contributed by atoms with E-state index in [9.17, 15) is 4.39 Å². The van der Waals surface area contributed by atoms with Gasteiger partial charge in [0, 0.05) is 0 Å². The fourth-order valence-electron chi connectivity index (χ4n) is 0.798. The number of benzene rings is 1. The zero-order valence-corrected chi connectivity index (χ0v) is 6.81. The van der Waals surface area contributed by atoms with Crippen molar-refractivity contribution in [3.63, 3.8) is 0 Å². The Morgan fingerprint density at radius 1 is 1.58 bits per heavy atom. The van der Waals surface area contributed by atoms with Gasteiger partial charge in [0.25, 0.3) is 0 Å². The third kappa shape index (κ3) is 1.85. The molecule has 1 aromatic rings. The first kappa shape index (κ1) is 9.25. The molecule has 66 valence electrons. The van der Waals surface area contributed by atoms with Gasteiger partial charge in [-0.05, 0) is 17.7 Å². The second kappa shape index (κ2) is 3.71. The van der Waals surface area contributed by atoms with Gasteiger partial charge in [0.2, 0.25) is 0 Å². The summed E-state index contributed by atoms with van der Waals surface area (Å²) in [5.74, 6) is 3.43. The van der Waals surface area contributed by atoms with Crippen molar-refractivity contribution in [2.45, 2.75) is 6.61 Å². The van der Waals surface area contributed by atoms with Crippen molar-refractivity contribution in [1.29, 1.82) is 0 Å². The standard InChI is InChI=1S/C7H7ClFNO2/c8-5-1-4(3-12-10)2-6(9)7(5)11/h1-2,11H,3,10H2. The maximum absolute atomic E-state index is 12.7. The molecule has 0 saturated heterocycles. The molecule has 1 rings (SSSR count). The van der Waals surface area contributed by atoms with Gasteiger partial charge in [-0.1, -0.05) is 11.6 Å². The molecule has 0 atom stereocenters. The van der Waals surface area contributed by atoms with Gasteiger partial charge in [-0.25, -0.2) is 10.3 Å². The molecule has 0 aliphatic heterocycles. The van der Waals surface area contributed by atoms with Crippen molar-refractivity contribution >= 4 is 11.6 Å². The molecule has 0 unspecified atom stereocenters. The molecule has 0 aromatic heterocycles. The quantitative estimate of drug-likeness (QED) is 0.698. The Labute approximate surface area is 73.5 Å². The number of aromatic hydroxyl groups is 1. The Bertz CT molecular complexity index is 270. The molecular formula is C7H7ClFNO2. The summed E-state index contributed by atoms with van der Waals surface area (Å²) in [5, 5.41) is 8.87. The average molecular weight is 192 g/mol. The van der Waals surface area contributed by atoms with Gasteiger partial charge in [-0.3, -0.25) is 4.84 Å². The first-order valence-corrected chi connectivity index (χ1v) is 3.51. The minimum Gasteiger partial charge on any atom is -0.504 e. The van der Waals surface area contributed by atoms with Crippen LogP contribution in [-0.4, -0.2) is 5.11 Å². The SMILES string of the molecule is NOCc1cc(F)c(O)c(Cl)c1. The van der Waals surface area contributed by atoms with E-state index in [4.69, 9.17) is 22.6 Å². The predicted octanol–water partition coefficient (Wildman–Crippen LogP) is 1.57. The third-order valence-electron chi connectivity index (χ3n) is 1.33. The van der Waals surface area contributed by atoms with Crippen LogP contribution in [0.3, 0.4) is 0 Å². The van der Waals surface area contributed by atoms with Crippen molar-refractivity contribution in [3.05, 3.63) is 28.5 Å². The van der Waals surface area contributed by atoms with E-state index < -0.39 is 11.6 Å². The van der Waals surface area contributed by atoms with Gasteiger partial charge < -0.3 is 5.11 Å². The van der Waals surface area contributed by atoms with Crippen LogP contribution < -0.4 is 5.90 Å². The lowest BCUT2D eigenvalue weighted by Gasteiger charge is -2.02. The first-order chi connectivity index (χ1) is 5.65. The number of hydrogen-bond acceptors (Lipinski definition) is 3. The van der Waals surface area contributed by atoms with Gasteiger partial charge in [0.15, 0.2) is 11.6 Å². The summed E-state index contributed by atoms with van der Waals surface area (Å²) in [5.41, 5.74) is 0.470. The Balaban J connectivity index is 3.04. The Kier molecular flexibility index (Phi) is 2.86. The van der Waals surface area contributed by atoms with Crippen LogP contribution in [0.15, 0.2) is 12.1 Å². The summed E-state index contributed by atoms with van der Waals surface area (Å²) in [6, 6.07) is 2.49. The number of phenols is 1. The summed E-state index contributed by atoms with van der Waals surface area (Å²) >= 11 is 5.47. The average Bonchev–Trinajstić information content (AvgIpc) is 2.01. The molecule has 0 heterocycles. The number of hydrogen-bond donors (Lipinski definition) is 2. The van der Waals surface area contributed by atoms with Crippen molar-refractivity contribution in [2.75, 3.05) is 0 Å². The Morgan fingerprint density at radius 2 is 2.25 bits per heavy atom. The lowest BCUT2D eigenvalue weighted by atomic mass is 10.2. The van der Waals surface area contributed by atoms with Gasteiger partial charge in [0.1, 0.15) is 0 Å². The highest BCUT2D eigenvalue weighted by Gasteiger charge is 2.07. The van der Waals surface area contributed by atoms with Crippen molar-refractivity contribution < 1.29 is 14.3 Å². The zero-order valence-electron chi connectivity index (χ0n) is 6.05. The van der Waals surface area contributed by atoms with Crippen LogP contribution in [0.2, 0.25) is 5.02 Å². The van der Waals surface area contributed by atoms with Gasteiger partial charge in [0.05, 0.1) is 11.6 Å². The summed E-state index contributed by atoms with van der Waals surface area (Å²) in [6.45, 7) is 0.0525. The van der Waals surface area contributed by atoms with Crippen LogP contribution in [-0.2, 0) is 11.4 Å². The van der Waals surface area contributed by atoms with Crippen molar-refractivity contribution in [1.82, 2.24) is 0 Å². The minimum absolute atomic E-state index is 0.0525. The Morgan fingerprint density at radius 3 is 2.75 bits per heavy atom. The molecule has 0 radical (unpaired) electrons. The summed E-state index contributed by atoms with van der Waals surface area (Å²) in [6.07, 6.45) is 0. The third-order valence-corrected chi connectivity index (χ3v) is 1.61. The highest BCUT2D eigenvalue weighted by atomic mass is 35.5. The molecular weight excluding hydrogens is 185 g/mol. The molecule has 3 N–H and O–H groups in total. The van der Waals surface area contributed by atoms with E-state index in [2.05, 4.69) is 4.84 Å². The molecule has 0 fully saturated rings. The van der Waals surface area contributed by atoms with Gasteiger partial charge >= 0.3 is 0 Å². The molecule has 3 nitrogen and oxygen atoms in total. The Hall–Kier alpha value is -0.840. The van der Waals surface area contributed by atoms with E-state index in [-0.39, 0.29) is 11.6 Å². The molecule has 12 heavy (non-hydrogen) atoms. The molecule has 0 aliphatic rings. The molecule has 0 spiro atoms. The monoisotopic (exact) mass is 191 g/mol. The van der Waals surface area contributed by atoms with Crippen molar-refractivity contribution in [2.24, 2.45) is 5.90 Å². The van der Waals surface area contributed by atoms with E-state index in [1.165, 1.54) is 6.07 Å². The minimum atomic E-state index is -0.783. The lowest BCUT2D eigenvalue weighted by molar-refractivity contribution is 0.124. The highest BCUT2D eigenvalue weighted by Crippen LogP contribution is 2.27. The van der Waals surface area contributed by atoms with Crippen LogP contribution in [0.1, 0.15) is 5.56 Å². The summed E-state index contributed by atoms with van der Waals surface area (Å²) < 4.78 is 12.7. The smallest absolute Gasteiger partial charge is 0.170 e. The molecule has 0 amide bonds. The fourth-order valence-corrected chi connectivity index (χ4v) is 1.03. The second-order valence-electron chi connectivity index (χ2n) is 2.22. The van der Waals surface area contributed by atoms with Crippen LogP contribution in [0.4, 0.5) is 4.39 Å². The number of phenolic OH excluding ortho intramolecular Hbond substituents is 1. The van der Waals surface area contributed by atoms with Crippen LogP contribution in [0.5, 0.6) is 5.75 Å². The van der Waals surface area contributed by atoms with E-state index in [1.807, 2.05) is 0 Å². The first-order valence-electron chi connectivity index (χ1n) is 3.13. The molecule has 0 saturated carbocycles. The van der Waals surface area contributed by atoms with Gasteiger partial charge in [-0.2, -0.15) is 0 Å². The second-order valence-corrected chi connectivity index (χ2v) is 2.63. The van der Waals surface area contributed by atoms with E-state index in [0.717, 1.165) is 6.07 Å². The molecule has 0 aliphatic carbocycles. The van der Waals surface area contributed by atoms with Crippen LogP contribution in [0, 0.1) is 5.82 Å². The molecule has 0 bridgehead atoms. The highest BCUT2D eigenvalue weighted by molar-refractivity contribution is 6.32. The van der Waals surface area contributed by atoms with E-state index in [1.54, 1.807) is 0 Å². The van der Waals surface area contributed by atoms with Crippen LogP contribution in [0.25, 0.3) is 0 Å². The van der Waals surface area contributed by atoms with Crippen LogP contribution >= 0.6 is 11.6 Å².